The number of benzene rings is 1. The zero-order chi connectivity index (χ0) is 21.5. The number of anilines is 1. The van der Waals surface area contributed by atoms with Crippen molar-refractivity contribution in [3.05, 3.63) is 48.4 Å². The van der Waals surface area contributed by atoms with Crippen molar-refractivity contribution in [1.29, 1.82) is 0 Å². The van der Waals surface area contributed by atoms with Crippen LogP contribution in [0.1, 0.15) is 33.0 Å². The third kappa shape index (κ3) is 7.96. The van der Waals surface area contributed by atoms with Crippen molar-refractivity contribution < 1.29 is 27.2 Å². The predicted molar refractivity (Wildman–Crippen MR) is 107 cm³/mol. The number of sulfonamides is 1. The molecule has 158 valence electrons. The monoisotopic (exact) mass is 423 g/mol. The second-order valence-electron chi connectivity index (χ2n) is 7.16. The molecular weight excluding hydrogens is 398 g/mol. The van der Waals surface area contributed by atoms with Gasteiger partial charge in [0.2, 0.25) is 15.9 Å². The minimum absolute atomic E-state index is 0.0401. The smallest absolute Gasteiger partial charge is 0.407 e. The summed E-state index contributed by atoms with van der Waals surface area (Å²) in [6.45, 7) is 5.39. The van der Waals surface area contributed by atoms with E-state index in [-0.39, 0.29) is 30.3 Å². The van der Waals surface area contributed by atoms with Crippen LogP contribution in [-0.4, -0.2) is 32.6 Å². The van der Waals surface area contributed by atoms with E-state index in [9.17, 15) is 18.0 Å². The fourth-order valence-electron chi connectivity index (χ4n) is 2.20. The molecule has 0 unspecified atom stereocenters. The molecule has 0 saturated carbocycles. The van der Waals surface area contributed by atoms with E-state index in [2.05, 4.69) is 15.4 Å². The lowest BCUT2D eigenvalue weighted by Crippen LogP contribution is -2.34. The highest BCUT2D eigenvalue weighted by Gasteiger charge is 2.16. The molecule has 3 N–H and O–H groups in total. The molecule has 9 nitrogen and oxygen atoms in total. The first kappa shape index (κ1) is 22.4. The number of ether oxygens (including phenoxy) is 1. The highest BCUT2D eigenvalue weighted by molar-refractivity contribution is 7.89. The summed E-state index contributed by atoms with van der Waals surface area (Å²) in [5.41, 5.74) is -0.168. The van der Waals surface area contributed by atoms with E-state index < -0.39 is 21.7 Å². The number of carbonyl (C=O) groups excluding carboxylic acids is 2. The molecule has 0 aliphatic carbocycles. The van der Waals surface area contributed by atoms with Crippen LogP contribution in [0.5, 0.6) is 0 Å². The van der Waals surface area contributed by atoms with Crippen LogP contribution in [-0.2, 0) is 26.1 Å². The van der Waals surface area contributed by atoms with Gasteiger partial charge in [-0.2, -0.15) is 0 Å². The molecule has 10 heteroatoms. The Hall–Kier alpha value is -2.85. The van der Waals surface area contributed by atoms with Gasteiger partial charge in [-0.3, -0.25) is 4.79 Å². The number of amides is 2. The Kier molecular flexibility index (Phi) is 7.40. The van der Waals surface area contributed by atoms with Crippen molar-refractivity contribution in [3.63, 3.8) is 0 Å². The molecule has 0 bridgehead atoms. The number of carbonyl (C=O) groups is 2. The normalized spacial score (nSPS) is 11.7. The van der Waals surface area contributed by atoms with Gasteiger partial charge in [-0.15, -0.1) is 0 Å². The molecule has 0 saturated heterocycles. The zero-order valence-corrected chi connectivity index (χ0v) is 17.3. The lowest BCUT2D eigenvalue weighted by molar-refractivity contribution is -0.116. The number of nitrogens with one attached hydrogen (secondary N) is 3. The van der Waals surface area contributed by atoms with Crippen LogP contribution in [0.25, 0.3) is 0 Å². The zero-order valence-electron chi connectivity index (χ0n) is 16.5. The van der Waals surface area contributed by atoms with Gasteiger partial charge in [0.15, 0.2) is 0 Å². The standard InChI is InChI=1S/C19H25N3O6S/c1-19(2,3)28-18(24)20-11-10-17(23)22-14-6-8-16(9-7-14)29(25,26)21-13-15-5-4-12-27-15/h4-9,12,21H,10-11,13H2,1-3H3,(H,20,24)(H,22,23). The fourth-order valence-corrected chi connectivity index (χ4v) is 3.19. The van der Waals surface area contributed by atoms with Crippen molar-refractivity contribution in [1.82, 2.24) is 10.0 Å². The van der Waals surface area contributed by atoms with Gasteiger partial charge in [0.1, 0.15) is 11.4 Å². The summed E-state index contributed by atoms with van der Waals surface area (Å²) < 4.78 is 37.1. The van der Waals surface area contributed by atoms with E-state index in [0.29, 0.717) is 11.4 Å². The minimum Gasteiger partial charge on any atom is -0.468 e. The molecule has 0 atom stereocenters. The van der Waals surface area contributed by atoms with Gasteiger partial charge in [-0.25, -0.2) is 17.9 Å². The summed E-state index contributed by atoms with van der Waals surface area (Å²) in [4.78, 5) is 23.5. The molecule has 1 aromatic heterocycles. The number of hydrogen-bond acceptors (Lipinski definition) is 6. The van der Waals surface area contributed by atoms with E-state index in [1.807, 2.05) is 0 Å². The Bertz CT molecular complexity index is 916. The van der Waals surface area contributed by atoms with E-state index in [4.69, 9.17) is 9.15 Å². The lowest BCUT2D eigenvalue weighted by Gasteiger charge is -2.19. The average Bonchev–Trinajstić information content (AvgIpc) is 3.12. The molecule has 2 aromatic rings. The van der Waals surface area contributed by atoms with Crippen LogP contribution < -0.4 is 15.4 Å². The summed E-state index contributed by atoms with van der Waals surface area (Å²) in [6, 6.07) is 9.09. The third-order valence-electron chi connectivity index (χ3n) is 3.49. The van der Waals surface area contributed by atoms with E-state index in [1.165, 1.54) is 30.5 Å². The predicted octanol–water partition coefficient (Wildman–Crippen LogP) is 2.61. The Morgan fingerprint density at radius 1 is 1.10 bits per heavy atom. The first-order valence-corrected chi connectivity index (χ1v) is 10.4. The molecule has 2 amide bonds. The Balaban J connectivity index is 1.80. The largest absolute Gasteiger partial charge is 0.468 e. The van der Waals surface area contributed by atoms with Gasteiger partial charge in [0, 0.05) is 18.7 Å². The van der Waals surface area contributed by atoms with Crippen LogP contribution in [0, 0.1) is 0 Å². The summed E-state index contributed by atoms with van der Waals surface area (Å²) in [5, 5.41) is 5.13. The second-order valence-corrected chi connectivity index (χ2v) is 8.92. The quantitative estimate of drug-likeness (QED) is 0.599. The molecule has 1 aromatic carbocycles. The Labute approximate surface area is 169 Å². The SMILES string of the molecule is CC(C)(C)OC(=O)NCCC(=O)Nc1ccc(S(=O)(=O)NCc2ccco2)cc1. The van der Waals surface area contributed by atoms with E-state index in [0.717, 1.165) is 0 Å². The van der Waals surface area contributed by atoms with Gasteiger partial charge in [-0.1, -0.05) is 0 Å². The Morgan fingerprint density at radius 3 is 2.38 bits per heavy atom. The third-order valence-corrected chi connectivity index (χ3v) is 4.90. The van der Waals surface area contributed by atoms with Gasteiger partial charge in [0.25, 0.3) is 0 Å². The molecule has 29 heavy (non-hydrogen) atoms. The Morgan fingerprint density at radius 2 is 1.79 bits per heavy atom. The molecule has 0 fully saturated rings. The second kappa shape index (κ2) is 9.57. The van der Waals surface area contributed by atoms with Crippen LogP contribution >= 0.6 is 0 Å². The van der Waals surface area contributed by atoms with Crippen molar-refractivity contribution >= 4 is 27.7 Å². The molecule has 2 rings (SSSR count). The maximum atomic E-state index is 12.3. The molecule has 0 spiro atoms. The van der Waals surface area contributed by atoms with Crippen LogP contribution in [0.15, 0.2) is 52.0 Å². The number of hydrogen-bond donors (Lipinski definition) is 3. The van der Waals surface area contributed by atoms with Crippen LogP contribution in [0.4, 0.5) is 10.5 Å². The number of furan rings is 1. The summed E-state index contributed by atoms with van der Waals surface area (Å²) in [6.07, 6.45) is 0.913. The van der Waals surface area contributed by atoms with Crippen molar-refractivity contribution in [3.8, 4) is 0 Å². The average molecular weight is 423 g/mol. The van der Waals surface area contributed by atoms with Crippen molar-refractivity contribution in [2.45, 2.75) is 44.2 Å². The topological polar surface area (TPSA) is 127 Å². The lowest BCUT2D eigenvalue weighted by atomic mass is 10.2. The number of alkyl carbamates (subject to hydrolysis) is 1. The molecule has 1 heterocycles. The van der Waals surface area contributed by atoms with Crippen molar-refractivity contribution in [2.24, 2.45) is 0 Å². The summed E-state index contributed by atoms with van der Waals surface area (Å²) >= 11 is 0. The maximum absolute atomic E-state index is 12.3. The first-order chi connectivity index (χ1) is 13.5. The summed E-state index contributed by atoms with van der Waals surface area (Å²) in [7, 11) is -3.70. The first-order valence-electron chi connectivity index (χ1n) is 8.94. The molecule has 0 aliphatic heterocycles. The molecular formula is C19H25N3O6S. The number of rotatable bonds is 8. The molecule has 0 aliphatic rings. The minimum atomic E-state index is -3.70. The van der Waals surface area contributed by atoms with Crippen LogP contribution in [0.2, 0.25) is 0 Å². The van der Waals surface area contributed by atoms with Crippen molar-refractivity contribution in [2.75, 3.05) is 11.9 Å². The summed E-state index contributed by atoms with van der Waals surface area (Å²) in [5.74, 6) is 0.171. The van der Waals surface area contributed by atoms with Gasteiger partial charge < -0.3 is 19.8 Å². The van der Waals surface area contributed by atoms with Gasteiger partial charge in [-0.05, 0) is 57.2 Å². The van der Waals surface area contributed by atoms with E-state index >= 15 is 0 Å². The van der Waals surface area contributed by atoms with Crippen LogP contribution in [0.3, 0.4) is 0 Å². The van der Waals surface area contributed by atoms with E-state index in [1.54, 1.807) is 32.9 Å². The maximum Gasteiger partial charge on any atom is 0.407 e. The fraction of sp³-hybridized carbons (Fsp3) is 0.368. The van der Waals surface area contributed by atoms with Gasteiger partial charge >= 0.3 is 6.09 Å². The molecule has 0 radical (unpaired) electrons. The highest BCUT2D eigenvalue weighted by Crippen LogP contribution is 2.15. The van der Waals surface area contributed by atoms with Gasteiger partial charge in [0.05, 0.1) is 17.7 Å². The highest BCUT2D eigenvalue weighted by atomic mass is 32.2.